The number of rotatable bonds is 10. The van der Waals surface area contributed by atoms with Gasteiger partial charge in [-0.15, -0.1) is 0 Å². The molecule has 9 nitrogen and oxygen atoms in total. The zero-order valence-corrected chi connectivity index (χ0v) is 21.2. The van der Waals surface area contributed by atoms with Crippen molar-refractivity contribution in [3.05, 3.63) is 95.6 Å². The molecule has 3 N–H and O–H groups in total. The summed E-state index contributed by atoms with van der Waals surface area (Å²) in [7, 11) is 0. The van der Waals surface area contributed by atoms with Crippen LogP contribution in [0.3, 0.4) is 0 Å². The third-order valence-electron chi connectivity index (χ3n) is 6.60. The van der Waals surface area contributed by atoms with E-state index in [-0.39, 0.29) is 40.3 Å². The number of carbonyl (C=O) groups is 3. The van der Waals surface area contributed by atoms with Crippen LogP contribution < -0.4 is 15.5 Å². The molecule has 4 rings (SSSR count). The molecule has 2 aromatic carbocycles. The van der Waals surface area contributed by atoms with Gasteiger partial charge in [0.1, 0.15) is 11.4 Å². The number of hydrogen-bond donors (Lipinski definition) is 3. The Bertz CT molecular complexity index is 1290. The minimum absolute atomic E-state index is 0.0414. The molecule has 0 aliphatic carbocycles. The maximum Gasteiger partial charge on any atom is 0.257 e. The minimum Gasteiger partial charge on any atom is -0.505 e. The maximum atomic E-state index is 13.3. The van der Waals surface area contributed by atoms with Crippen LogP contribution in [0.15, 0.2) is 84.5 Å². The van der Waals surface area contributed by atoms with Crippen LogP contribution in [0, 0.1) is 0 Å². The molecule has 9 heteroatoms. The molecule has 196 valence electrons. The summed E-state index contributed by atoms with van der Waals surface area (Å²) in [6.07, 6.45) is 5.23. The number of anilines is 2. The van der Waals surface area contributed by atoms with E-state index in [0.717, 1.165) is 11.3 Å². The first kappa shape index (κ1) is 26.4. The van der Waals surface area contributed by atoms with E-state index in [1.165, 1.54) is 0 Å². The van der Waals surface area contributed by atoms with Crippen LogP contribution in [-0.4, -0.2) is 59.6 Å². The van der Waals surface area contributed by atoms with Gasteiger partial charge in [-0.2, -0.15) is 0 Å². The van der Waals surface area contributed by atoms with Crippen LogP contribution in [0.25, 0.3) is 0 Å². The summed E-state index contributed by atoms with van der Waals surface area (Å²) in [4.78, 5) is 45.1. The molecule has 0 spiro atoms. The molecular formula is C29H31N5O4. The fourth-order valence-electron chi connectivity index (χ4n) is 4.48. The number of para-hydroxylation sites is 1. The Morgan fingerprint density at radius 1 is 0.947 bits per heavy atom. The molecule has 0 saturated carbocycles. The normalized spacial score (nSPS) is 14.8. The highest BCUT2D eigenvalue weighted by Crippen LogP contribution is 2.30. The average Bonchev–Trinajstić information content (AvgIpc) is 2.98. The standard InChI is InChI=1S/C29H31N5O4/c1-2-24(21-7-4-3-5-8-21)31-26(19-35)27(20-36)32-25-10-6-9-23(28(25)37)29(38)34-17-15-33(16-18-34)22-11-13-30-14-12-22/h3-14,19-20,24,31-32,37H,2,15-18H2,1H3/b27-26-/t24-/m1/s1. The molecule has 2 heterocycles. The highest BCUT2D eigenvalue weighted by molar-refractivity contribution is 5.99. The Labute approximate surface area is 221 Å². The Morgan fingerprint density at radius 3 is 2.26 bits per heavy atom. The van der Waals surface area contributed by atoms with Gasteiger partial charge in [0, 0.05) is 44.3 Å². The van der Waals surface area contributed by atoms with Crippen molar-refractivity contribution in [2.75, 3.05) is 36.4 Å². The van der Waals surface area contributed by atoms with Gasteiger partial charge in [0.2, 0.25) is 0 Å². The Balaban J connectivity index is 1.49. The van der Waals surface area contributed by atoms with Crippen molar-refractivity contribution in [3.63, 3.8) is 0 Å². The van der Waals surface area contributed by atoms with Crippen molar-refractivity contribution in [1.82, 2.24) is 15.2 Å². The van der Waals surface area contributed by atoms with E-state index >= 15 is 0 Å². The number of phenolic OH excluding ortho intramolecular Hbond substituents is 1. The monoisotopic (exact) mass is 513 g/mol. The van der Waals surface area contributed by atoms with Gasteiger partial charge >= 0.3 is 0 Å². The highest BCUT2D eigenvalue weighted by atomic mass is 16.3. The lowest BCUT2D eigenvalue weighted by Gasteiger charge is -2.36. The predicted molar refractivity (Wildman–Crippen MR) is 146 cm³/mol. The van der Waals surface area contributed by atoms with Crippen LogP contribution in [0.2, 0.25) is 0 Å². The second kappa shape index (κ2) is 12.5. The van der Waals surface area contributed by atoms with E-state index in [2.05, 4.69) is 20.5 Å². The van der Waals surface area contributed by atoms with Crippen molar-refractivity contribution in [3.8, 4) is 5.75 Å². The summed E-state index contributed by atoms with van der Waals surface area (Å²) >= 11 is 0. The molecule has 1 fully saturated rings. The number of nitrogens with one attached hydrogen (secondary N) is 2. The number of aldehydes is 2. The number of amides is 1. The van der Waals surface area contributed by atoms with E-state index in [1.54, 1.807) is 35.5 Å². The van der Waals surface area contributed by atoms with Crippen LogP contribution in [0.5, 0.6) is 5.75 Å². The summed E-state index contributed by atoms with van der Waals surface area (Å²) in [5.74, 6) is -0.588. The molecular weight excluding hydrogens is 482 g/mol. The molecule has 3 aromatic rings. The summed E-state index contributed by atoms with van der Waals surface area (Å²) in [6.45, 7) is 4.27. The van der Waals surface area contributed by atoms with E-state index in [1.807, 2.05) is 49.4 Å². The maximum absolute atomic E-state index is 13.3. The van der Waals surface area contributed by atoms with E-state index in [4.69, 9.17) is 0 Å². The quantitative estimate of drug-likeness (QED) is 0.214. The second-order valence-electron chi connectivity index (χ2n) is 8.89. The van der Waals surface area contributed by atoms with Gasteiger partial charge in [-0.25, -0.2) is 0 Å². The highest BCUT2D eigenvalue weighted by Gasteiger charge is 2.25. The number of allylic oxidation sites excluding steroid dienone is 2. The van der Waals surface area contributed by atoms with Gasteiger partial charge < -0.3 is 25.5 Å². The molecule has 1 amide bonds. The van der Waals surface area contributed by atoms with Gasteiger partial charge in [0.05, 0.1) is 17.3 Å². The number of aromatic hydroxyl groups is 1. The lowest BCUT2D eigenvalue weighted by atomic mass is 10.0. The van der Waals surface area contributed by atoms with Crippen LogP contribution in [-0.2, 0) is 9.59 Å². The first-order valence-electron chi connectivity index (χ1n) is 12.5. The second-order valence-corrected chi connectivity index (χ2v) is 8.89. The molecule has 1 saturated heterocycles. The van der Waals surface area contributed by atoms with Gasteiger partial charge in [-0.05, 0) is 36.2 Å². The average molecular weight is 514 g/mol. The molecule has 38 heavy (non-hydrogen) atoms. The Hall–Kier alpha value is -4.66. The van der Waals surface area contributed by atoms with Crippen molar-refractivity contribution >= 4 is 29.9 Å². The third kappa shape index (κ3) is 6.00. The number of carbonyl (C=O) groups excluding carboxylic acids is 3. The lowest BCUT2D eigenvalue weighted by Crippen LogP contribution is -2.48. The van der Waals surface area contributed by atoms with Gasteiger partial charge in [0.25, 0.3) is 5.91 Å². The fourth-order valence-corrected chi connectivity index (χ4v) is 4.48. The Morgan fingerprint density at radius 2 is 1.63 bits per heavy atom. The van der Waals surface area contributed by atoms with Crippen molar-refractivity contribution in [2.24, 2.45) is 0 Å². The largest absolute Gasteiger partial charge is 0.505 e. The number of pyridine rings is 1. The summed E-state index contributed by atoms with van der Waals surface area (Å²) in [6, 6.07) is 18.0. The molecule has 1 atom stereocenters. The number of aromatic nitrogens is 1. The molecule has 1 aromatic heterocycles. The van der Waals surface area contributed by atoms with Crippen LogP contribution in [0.1, 0.15) is 35.3 Å². The number of benzene rings is 2. The van der Waals surface area contributed by atoms with Gasteiger partial charge in [-0.1, -0.05) is 43.3 Å². The third-order valence-corrected chi connectivity index (χ3v) is 6.60. The zero-order chi connectivity index (χ0) is 26.9. The lowest BCUT2D eigenvalue weighted by molar-refractivity contribution is -0.107. The summed E-state index contributed by atoms with van der Waals surface area (Å²) in [5.41, 5.74) is 2.31. The smallest absolute Gasteiger partial charge is 0.257 e. The minimum atomic E-state index is -0.305. The Kier molecular flexibility index (Phi) is 8.71. The first-order chi connectivity index (χ1) is 18.5. The zero-order valence-electron chi connectivity index (χ0n) is 21.2. The van der Waals surface area contributed by atoms with E-state index < -0.39 is 0 Å². The number of piperazine rings is 1. The molecule has 1 aliphatic rings. The van der Waals surface area contributed by atoms with Crippen molar-refractivity contribution < 1.29 is 19.5 Å². The SMILES string of the molecule is CC[C@@H](N/C(C=O)=C(/C=O)Nc1cccc(C(=O)N2CCN(c3ccncc3)CC2)c1O)c1ccccc1. The first-order valence-corrected chi connectivity index (χ1v) is 12.5. The number of phenols is 1. The van der Waals surface area contributed by atoms with Crippen LogP contribution in [0.4, 0.5) is 11.4 Å². The summed E-state index contributed by atoms with van der Waals surface area (Å²) in [5, 5.41) is 16.9. The number of nitrogens with zero attached hydrogens (tertiary/aromatic N) is 3. The van der Waals surface area contributed by atoms with Gasteiger partial charge in [0.15, 0.2) is 18.3 Å². The van der Waals surface area contributed by atoms with Crippen molar-refractivity contribution in [1.29, 1.82) is 0 Å². The molecule has 0 unspecified atom stereocenters. The topological polar surface area (TPSA) is 115 Å². The van der Waals surface area contributed by atoms with E-state index in [9.17, 15) is 19.5 Å². The molecule has 1 aliphatic heterocycles. The summed E-state index contributed by atoms with van der Waals surface area (Å²) < 4.78 is 0. The fraction of sp³-hybridized carbons (Fsp3) is 0.241. The van der Waals surface area contributed by atoms with Gasteiger partial charge in [-0.3, -0.25) is 19.4 Å². The van der Waals surface area contributed by atoms with Crippen molar-refractivity contribution in [2.45, 2.75) is 19.4 Å². The molecule has 0 bridgehead atoms. The van der Waals surface area contributed by atoms with E-state index in [0.29, 0.717) is 45.2 Å². The number of hydrogen-bond acceptors (Lipinski definition) is 8. The van der Waals surface area contributed by atoms with Crippen LogP contribution >= 0.6 is 0 Å². The molecule has 0 radical (unpaired) electrons. The predicted octanol–water partition coefficient (Wildman–Crippen LogP) is 3.51.